The van der Waals surface area contributed by atoms with E-state index in [0.717, 1.165) is 34.9 Å². The van der Waals surface area contributed by atoms with Gasteiger partial charge in [0.2, 0.25) is 15.9 Å². The van der Waals surface area contributed by atoms with E-state index in [-0.39, 0.29) is 5.91 Å². The van der Waals surface area contributed by atoms with Crippen molar-refractivity contribution in [2.45, 2.75) is 30.6 Å². The molecule has 29 heavy (non-hydrogen) atoms. The molecule has 3 aromatic rings. The van der Waals surface area contributed by atoms with Gasteiger partial charge in [-0.25, -0.2) is 8.42 Å². The Morgan fingerprint density at radius 2 is 1.59 bits per heavy atom. The van der Waals surface area contributed by atoms with Crippen LogP contribution >= 0.6 is 0 Å². The van der Waals surface area contributed by atoms with Gasteiger partial charge in [-0.05, 0) is 48.4 Å². The van der Waals surface area contributed by atoms with Gasteiger partial charge in [0.05, 0.1) is 4.90 Å². The molecule has 0 saturated carbocycles. The van der Waals surface area contributed by atoms with E-state index < -0.39 is 10.0 Å². The van der Waals surface area contributed by atoms with Crippen molar-refractivity contribution in [3.05, 3.63) is 72.3 Å². The molecule has 0 aliphatic carbocycles. The number of sulfonamides is 1. The summed E-state index contributed by atoms with van der Waals surface area (Å²) in [6, 6.07) is 20.7. The van der Waals surface area contributed by atoms with Crippen LogP contribution in [-0.4, -0.2) is 31.7 Å². The van der Waals surface area contributed by atoms with E-state index in [4.69, 9.17) is 0 Å². The van der Waals surface area contributed by atoms with Gasteiger partial charge in [-0.1, -0.05) is 48.5 Å². The number of rotatable bonds is 6. The van der Waals surface area contributed by atoms with Crippen molar-refractivity contribution >= 4 is 32.4 Å². The summed E-state index contributed by atoms with van der Waals surface area (Å²) in [7, 11) is -3.39. The maximum Gasteiger partial charge on any atom is 0.243 e. The molecule has 1 heterocycles. The van der Waals surface area contributed by atoms with Gasteiger partial charge in [-0.15, -0.1) is 0 Å². The van der Waals surface area contributed by atoms with Crippen LogP contribution in [0.5, 0.6) is 0 Å². The molecule has 1 aliphatic rings. The van der Waals surface area contributed by atoms with Crippen LogP contribution in [0.1, 0.15) is 24.8 Å². The topological polar surface area (TPSA) is 66.5 Å². The van der Waals surface area contributed by atoms with E-state index in [1.54, 1.807) is 28.6 Å². The largest absolute Gasteiger partial charge is 0.326 e. The van der Waals surface area contributed by atoms with Crippen LogP contribution in [-0.2, 0) is 21.2 Å². The highest BCUT2D eigenvalue weighted by Crippen LogP contribution is 2.24. The number of fused-ring (bicyclic) bond motifs is 1. The predicted octanol–water partition coefficient (Wildman–Crippen LogP) is 4.20. The van der Waals surface area contributed by atoms with Crippen molar-refractivity contribution in [3.63, 3.8) is 0 Å². The number of benzene rings is 3. The lowest BCUT2D eigenvalue weighted by Gasteiger charge is -2.15. The molecule has 5 nitrogen and oxygen atoms in total. The van der Waals surface area contributed by atoms with Crippen LogP contribution in [0.4, 0.5) is 5.69 Å². The van der Waals surface area contributed by atoms with Gasteiger partial charge in [-0.3, -0.25) is 4.79 Å². The third-order valence-corrected chi connectivity index (χ3v) is 7.24. The Morgan fingerprint density at radius 3 is 2.34 bits per heavy atom. The fraction of sp³-hybridized carbons (Fsp3) is 0.261. The van der Waals surface area contributed by atoms with E-state index >= 15 is 0 Å². The quantitative estimate of drug-likeness (QED) is 0.665. The molecule has 0 bridgehead atoms. The third-order valence-electron chi connectivity index (χ3n) is 5.33. The molecule has 0 spiro atoms. The van der Waals surface area contributed by atoms with Crippen molar-refractivity contribution in [2.24, 2.45) is 0 Å². The second-order valence-electron chi connectivity index (χ2n) is 7.33. The molecule has 1 aliphatic heterocycles. The van der Waals surface area contributed by atoms with E-state index in [1.807, 2.05) is 42.5 Å². The van der Waals surface area contributed by atoms with Crippen LogP contribution in [0.25, 0.3) is 10.8 Å². The first-order chi connectivity index (χ1) is 14.0. The van der Waals surface area contributed by atoms with E-state index in [2.05, 4.69) is 5.32 Å². The van der Waals surface area contributed by atoms with Gasteiger partial charge in [0.15, 0.2) is 0 Å². The average Bonchev–Trinajstić information content (AvgIpc) is 3.29. The minimum absolute atomic E-state index is 0.0601. The van der Waals surface area contributed by atoms with Gasteiger partial charge < -0.3 is 5.32 Å². The van der Waals surface area contributed by atoms with Crippen molar-refractivity contribution in [1.29, 1.82) is 0 Å². The molecular formula is C23H24N2O3S. The smallest absolute Gasteiger partial charge is 0.243 e. The minimum Gasteiger partial charge on any atom is -0.326 e. The van der Waals surface area contributed by atoms with Crippen LogP contribution in [0.2, 0.25) is 0 Å². The summed E-state index contributed by atoms with van der Waals surface area (Å²) in [4.78, 5) is 12.7. The highest BCUT2D eigenvalue weighted by atomic mass is 32.2. The molecule has 0 unspecified atom stereocenters. The zero-order valence-electron chi connectivity index (χ0n) is 16.2. The summed E-state index contributed by atoms with van der Waals surface area (Å²) in [5.41, 5.74) is 1.75. The fourth-order valence-electron chi connectivity index (χ4n) is 3.71. The molecule has 1 N–H and O–H groups in total. The van der Waals surface area contributed by atoms with E-state index in [9.17, 15) is 13.2 Å². The predicted molar refractivity (Wildman–Crippen MR) is 115 cm³/mol. The number of carbonyl (C=O) groups excluding carboxylic acids is 1. The molecule has 1 amide bonds. The van der Waals surface area contributed by atoms with Gasteiger partial charge in [0.25, 0.3) is 0 Å². The Bertz CT molecular complexity index is 1110. The first kappa shape index (κ1) is 19.6. The van der Waals surface area contributed by atoms with Gasteiger partial charge >= 0.3 is 0 Å². The van der Waals surface area contributed by atoms with Crippen molar-refractivity contribution < 1.29 is 13.2 Å². The van der Waals surface area contributed by atoms with Gasteiger partial charge in [0, 0.05) is 30.6 Å². The summed E-state index contributed by atoms with van der Waals surface area (Å²) in [5.74, 6) is -0.0601. The number of anilines is 1. The second-order valence-corrected chi connectivity index (χ2v) is 9.27. The zero-order valence-corrected chi connectivity index (χ0v) is 17.0. The molecule has 1 fully saturated rings. The lowest BCUT2D eigenvalue weighted by atomic mass is 10.1. The van der Waals surface area contributed by atoms with Crippen LogP contribution in [0, 0.1) is 0 Å². The average molecular weight is 409 g/mol. The lowest BCUT2D eigenvalue weighted by molar-refractivity contribution is -0.116. The van der Waals surface area contributed by atoms with Crippen molar-refractivity contribution in [1.82, 2.24) is 4.31 Å². The van der Waals surface area contributed by atoms with Crippen LogP contribution < -0.4 is 5.32 Å². The SMILES string of the molecule is O=C(CCc1ccc(S(=O)(=O)N2CCCC2)cc1)Nc1cccc2ccccc12. The lowest BCUT2D eigenvalue weighted by Crippen LogP contribution is -2.27. The number of nitrogens with one attached hydrogen (secondary N) is 1. The Morgan fingerprint density at radius 1 is 0.897 bits per heavy atom. The molecule has 3 aromatic carbocycles. The number of hydrogen-bond acceptors (Lipinski definition) is 3. The number of carbonyl (C=O) groups is 1. The van der Waals surface area contributed by atoms with Crippen LogP contribution in [0.3, 0.4) is 0 Å². The molecule has 0 atom stereocenters. The molecule has 6 heteroatoms. The summed E-state index contributed by atoms with van der Waals surface area (Å²) in [6.07, 6.45) is 2.73. The van der Waals surface area contributed by atoms with Gasteiger partial charge in [-0.2, -0.15) is 4.31 Å². The van der Waals surface area contributed by atoms with E-state index in [1.165, 1.54) is 0 Å². The summed E-state index contributed by atoms with van der Waals surface area (Å²) in [6.45, 7) is 1.19. The Labute approximate surface area is 171 Å². The van der Waals surface area contributed by atoms with Gasteiger partial charge in [0.1, 0.15) is 0 Å². The number of hydrogen-bond donors (Lipinski definition) is 1. The molecule has 150 valence electrons. The highest BCUT2D eigenvalue weighted by Gasteiger charge is 2.26. The van der Waals surface area contributed by atoms with Crippen molar-refractivity contribution in [3.8, 4) is 0 Å². The maximum absolute atomic E-state index is 12.6. The van der Waals surface area contributed by atoms with Crippen molar-refractivity contribution in [2.75, 3.05) is 18.4 Å². The monoisotopic (exact) mass is 408 g/mol. The molecule has 1 saturated heterocycles. The first-order valence-corrected chi connectivity index (χ1v) is 11.3. The molecule has 4 rings (SSSR count). The molecular weight excluding hydrogens is 384 g/mol. The molecule has 0 radical (unpaired) electrons. The number of aryl methyl sites for hydroxylation is 1. The maximum atomic E-state index is 12.6. The Kier molecular flexibility index (Phi) is 5.65. The Hall–Kier alpha value is -2.70. The highest BCUT2D eigenvalue weighted by molar-refractivity contribution is 7.89. The first-order valence-electron chi connectivity index (χ1n) is 9.91. The normalized spacial score (nSPS) is 14.9. The number of amides is 1. The Balaban J connectivity index is 1.38. The summed E-state index contributed by atoms with van der Waals surface area (Å²) in [5, 5.41) is 5.08. The summed E-state index contributed by atoms with van der Waals surface area (Å²) < 4.78 is 26.7. The molecule has 0 aromatic heterocycles. The number of nitrogens with zero attached hydrogens (tertiary/aromatic N) is 1. The third kappa shape index (κ3) is 4.33. The standard InChI is InChI=1S/C23H24N2O3S/c26-23(24-22-9-5-7-19-6-1-2-8-21(19)22)15-12-18-10-13-20(14-11-18)29(27,28)25-16-3-4-17-25/h1-2,5-11,13-14H,3-4,12,15-17H2,(H,24,26). The zero-order chi connectivity index (χ0) is 20.3. The van der Waals surface area contributed by atoms with Crippen LogP contribution in [0.15, 0.2) is 71.6 Å². The minimum atomic E-state index is -3.39. The summed E-state index contributed by atoms with van der Waals surface area (Å²) >= 11 is 0. The fourth-order valence-corrected chi connectivity index (χ4v) is 5.23. The second kappa shape index (κ2) is 8.35. The van der Waals surface area contributed by atoms with E-state index in [0.29, 0.717) is 30.8 Å².